The molecule has 140 valence electrons. The highest BCUT2D eigenvalue weighted by molar-refractivity contribution is 6.36. The highest BCUT2D eigenvalue weighted by Crippen LogP contribution is 2.33. The lowest BCUT2D eigenvalue weighted by Crippen LogP contribution is -2.32. The highest BCUT2D eigenvalue weighted by atomic mass is 19.4. The number of nitrogens with zero attached hydrogens (tertiary/aromatic N) is 1. The number of carbonyl (C=O) groups excluding carboxylic acids is 2. The topological polar surface area (TPSA) is 49.4 Å². The Bertz CT molecular complexity index is 933. The van der Waals surface area contributed by atoms with Crippen LogP contribution in [-0.2, 0) is 15.8 Å². The molecule has 0 saturated carbocycles. The van der Waals surface area contributed by atoms with E-state index in [-0.39, 0.29) is 23.5 Å². The first-order valence-corrected chi connectivity index (χ1v) is 8.03. The lowest BCUT2D eigenvalue weighted by Gasteiger charge is -2.13. The Morgan fingerprint density at radius 2 is 1.67 bits per heavy atom. The molecule has 1 heterocycles. The second-order valence-electron chi connectivity index (χ2n) is 5.82. The van der Waals surface area contributed by atoms with Crippen molar-refractivity contribution in [2.75, 3.05) is 11.9 Å². The molecule has 8 heteroatoms. The quantitative estimate of drug-likeness (QED) is 0.645. The average molecular weight is 378 g/mol. The summed E-state index contributed by atoms with van der Waals surface area (Å²) in [6, 6.07) is 9.25. The van der Waals surface area contributed by atoms with Gasteiger partial charge in [0.2, 0.25) is 0 Å². The van der Waals surface area contributed by atoms with Gasteiger partial charge in [0.05, 0.1) is 11.1 Å². The van der Waals surface area contributed by atoms with E-state index in [4.69, 9.17) is 0 Å². The molecule has 0 fully saturated rings. The summed E-state index contributed by atoms with van der Waals surface area (Å²) in [5, 5.41) is 2.63. The number of likely N-dealkylation sites (N-methyl/N-ethyl adjacent to an activating group) is 1. The van der Waals surface area contributed by atoms with Gasteiger partial charge in [0, 0.05) is 12.2 Å². The standard InChI is InChI=1S/C19H14F4N2O2/c1-2-25-17(26)15(11-6-8-13(20)9-7-11)16(18(25)27)24-14-5-3-4-12(10-14)19(21,22)23/h3-10,24H,2H2,1H3. The van der Waals surface area contributed by atoms with E-state index >= 15 is 0 Å². The van der Waals surface area contributed by atoms with E-state index < -0.39 is 29.4 Å². The normalized spacial score (nSPS) is 14.9. The summed E-state index contributed by atoms with van der Waals surface area (Å²) in [6.07, 6.45) is -4.54. The maximum Gasteiger partial charge on any atom is 0.416 e. The third kappa shape index (κ3) is 3.55. The average Bonchev–Trinajstić information content (AvgIpc) is 2.85. The molecular formula is C19H14F4N2O2. The molecule has 1 aliphatic heterocycles. The zero-order valence-corrected chi connectivity index (χ0v) is 14.1. The van der Waals surface area contributed by atoms with Crippen LogP contribution in [-0.4, -0.2) is 23.3 Å². The van der Waals surface area contributed by atoms with Crippen molar-refractivity contribution in [2.45, 2.75) is 13.1 Å². The van der Waals surface area contributed by atoms with Crippen LogP contribution >= 0.6 is 0 Å². The molecule has 0 saturated heterocycles. The van der Waals surface area contributed by atoms with E-state index in [1.165, 1.54) is 24.3 Å². The fourth-order valence-electron chi connectivity index (χ4n) is 2.78. The Hall–Kier alpha value is -3.16. The van der Waals surface area contributed by atoms with Gasteiger partial charge in [-0.25, -0.2) is 4.39 Å². The van der Waals surface area contributed by atoms with Gasteiger partial charge >= 0.3 is 6.18 Å². The Kier molecular flexibility index (Phi) is 4.73. The molecule has 0 spiro atoms. The molecule has 1 aliphatic rings. The molecule has 0 bridgehead atoms. The maximum absolute atomic E-state index is 13.2. The van der Waals surface area contributed by atoms with Crippen molar-refractivity contribution in [1.82, 2.24) is 4.90 Å². The van der Waals surface area contributed by atoms with Gasteiger partial charge in [-0.15, -0.1) is 0 Å². The minimum Gasteiger partial charge on any atom is -0.350 e. The highest BCUT2D eigenvalue weighted by Gasteiger charge is 2.38. The first-order valence-electron chi connectivity index (χ1n) is 8.03. The number of hydrogen-bond acceptors (Lipinski definition) is 3. The second-order valence-corrected chi connectivity index (χ2v) is 5.82. The number of alkyl halides is 3. The molecular weight excluding hydrogens is 364 g/mol. The van der Waals surface area contributed by atoms with Gasteiger partial charge in [0.1, 0.15) is 11.5 Å². The zero-order chi connectivity index (χ0) is 19.8. The third-order valence-corrected chi connectivity index (χ3v) is 4.08. The lowest BCUT2D eigenvalue weighted by atomic mass is 10.0. The van der Waals surface area contributed by atoms with Crippen molar-refractivity contribution in [2.24, 2.45) is 0 Å². The number of anilines is 1. The van der Waals surface area contributed by atoms with Crippen molar-refractivity contribution >= 4 is 23.1 Å². The molecule has 0 unspecified atom stereocenters. The summed E-state index contributed by atoms with van der Waals surface area (Å²) in [5.74, 6) is -1.77. The SMILES string of the molecule is CCN1C(=O)C(Nc2cccc(C(F)(F)F)c2)=C(c2ccc(F)cc2)C1=O. The van der Waals surface area contributed by atoms with E-state index in [1.807, 2.05) is 0 Å². The Morgan fingerprint density at radius 1 is 1.00 bits per heavy atom. The number of amides is 2. The van der Waals surface area contributed by atoms with E-state index in [9.17, 15) is 27.2 Å². The van der Waals surface area contributed by atoms with Crippen LogP contribution in [0.15, 0.2) is 54.2 Å². The second kappa shape index (κ2) is 6.86. The molecule has 2 aromatic rings. The molecule has 0 aliphatic carbocycles. The van der Waals surface area contributed by atoms with Crippen LogP contribution in [0.2, 0.25) is 0 Å². The Balaban J connectivity index is 2.07. The Labute approximate surface area is 152 Å². The van der Waals surface area contributed by atoms with Gasteiger partial charge in [0.15, 0.2) is 0 Å². The molecule has 0 aromatic heterocycles. The number of carbonyl (C=O) groups is 2. The summed E-state index contributed by atoms with van der Waals surface area (Å²) in [4.78, 5) is 26.1. The van der Waals surface area contributed by atoms with E-state index in [0.29, 0.717) is 5.56 Å². The number of benzene rings is 2. The third-order valence-electron chi connectivity index (χ3n) is 4.08. The summed E-state index contributed by atoms with van der Waals surface area (Å²) in [6.45, 7) is 1.70. The summed E-state index contributed by atoms with van der Waals surface area (Å²) < 4.78 is 51.9. The number of rotatable bonds is 4. The van der Waals surface area contributed by atoms with Gasteiger partial charge in [-0.2, -0.15) is 13.2 Å². The minimum absolute atomic E-state index is 0.0125. The Morgan fingerprint density at radius 3 is 2.26 bits per heavy atom. The molecule has 0 atom stereocenters. The monoisotopic (exact) mass is 378 g/mol. The van der Waals surface area contributed by atoms with Crippen molar-refractivity contribution in [3.8, 4) is 0 Å². The molecule has 0 radical (unpaired) electrons. The molecule has 3 rings (SSSR count). The largest absolute Gasteiger partial charge is 0.416 e. The van der Waals surface area contributed by atoms with Gasteiger partial charge in [-0.3, -0.25) is 14.5 Å². The first kappa shape index (κ1) is 18.6. The van der Waals surface area contributed by atoms with Crippen LogP contribution < -0.4 is 5.32 Å². The van der Waals surface area contributed by atoms with Crippen LogP contribution in [0.3, 0.4) is 0 Å². The fourth-order valence-corrected chi connectivity index (χ4v) is 2.78. The molecule has 4 nitrogen and oxygen atoms in total. The van der Waals surface area contributed by atoms with Gasteiger partial charge < -0.3 is 5.32 Å². The summed E-state index contributed by atoms with van der Waals surface area (Å²) in [5.41, 5.74) is -0.744. The van der Waals surface area contributed by atoms with Crippen molar-refractivity contribution in [1.29, 1.82) is 0 Å². The number of halogens is 4. The zero-order valence-electron chi connectivity index (χ0n) is 14.1. The molecule has 27 heavy (non-hydrogen) atoms. The number of hydrogen-bond donors (Lipinski definition) is 1. The smallest absolute Gasteiger partial charge is 0.350 e. The molecule has 1 N–H and O–H groups in total. The maximum atomic E-state index is 13.2. The molecule has 2 amide bonds. The first-order chi connectivity index (χ1) is 12.7. The van der Waals surface area contributed by atoms with Crippen molar-refractivity contribution in [3.63, 3.8) is 0 Å². The predicted octanol–water partition coefficient (Wildman–Crippen LogP) is 4.06. The van der Waals surface area contributed by atoms with Crippen LogP contribution in [0.5, 0.6) is 0 Å². The summed E-state index contributed by atoms with van der Waals surface area (Å²) in [7, 11) is 0. The van der Waals surface area contributed by atoms with Crippen LogP contribution in [0.4, 0.5) is 23.2 Å². The minimum atomic E-state index is -4.54. The van der Waals surface area contributed by atoms with Gasteiger partial charge in [-0.05, 0) is 42.8 Å². The van der Waals surface area contributed by atoms with E-state index in [2.05, 4.69) is 5.32 Å². The molecule has 2 aromatic carbocycles. The van der Waals surface area contributed by atoms with Gasteiger partial charge in [0.25, 0.3) is 11.8 Å². The number of nitrogens with one attached hydrogen (secondary N) is 1. The van der Waals surface area contributed by atoms with Crippen molar-refractivity contribution in [3.05, 3.63) is 71.2 Å². The van der Waals surface area contributed by atoms with Crippen LogP contribution in [0.1, 0.15) is 18.1 Å². The predicted molar refractivity (Wildman–Crippen MR) is 90.8 cm³/mol. The summed E-state index contributed by atoms with van der Waals surface area (Å²) >= 11 is 0. The van der Waals surface area contributed by atoms with Gasteiger partial charge in [-0.1, -0.05) is 18.2 Å². The fraction of sp³-hybridized carbons (Fsp3) is 0.158. The van der Waals surface area contributed by atoms with Crippen LogP contribution in [0.25, 0.3) is 5.57 Å². The van der Waals surface area contributed by atoms with Crippen LogP contribution in [0, 0.1) is 5.82 Å². The van der Waals surface area contributed by atoms with Crippen molar-refractivity contribution < 1.29 is 27.2 Å². The van der Waals surface area contributed by atoms with E-state index in [0.717, 1.165) is 29.2 Å². The lowest BCUT2D eigenvalue weighted by molar-refractivity contribution is -0.138. The van der Waals surface area contributed by atoms with E-state index in [1.54, 1.807) is 6.92 Å². The number of imide groups is 1.